The lowest BCUT2D eigenvalue weighted by atomic mass is 10.1. The van der Waals surface area contributed by atoms with Gasteiger partial charge in [-0.2, -0.15) is 0 Å². The molecule has 0 bridgehead atoms. The zero-order chi connectivity index (χ0) is 17.3. The molecule has 0 saturated heterocycles. The normalized spacial score (nSPS) is 12.6. The van der Waals surface area contributed by atoms with Gasteiger partial charge in [-0.05, 0) is 52.3 Å². The maximum atomic E-state index is 4.89. The van der Waals surface area contributed by atoms with Crippen LogP contribution >= 0.6 is 11.3 Å². The second kappa shape index (κ2) is 6.40. The van der Waals surface area contributed by atoms with Gasteiger partial charge in [0.2, 0.25) is 0 Å². The molecule has 0 unspecified atom stereocenters. The van der Waals surface area contributed by atoms with Crippen molar-refractivity contribution in [2.24, 2.45) is 4.99 Å². The molecule has 0 amide bonds. The number of thiazole rings is 1. The largest absolute Gasteiger partial charge is 0.311 e. The summed E-state index contributed by atoms with van der Waals surface area (Å²) in [5.74, 6) is 0. The first-order chi connectivity index (χ1) is 11.3. The van der Waals surface area contributed by atoms with Crippen molar-refractivity contribution in [2.75, 3.05) is 0 Å². The van der Waals surface area contributed by atoms with Crippen molar-refractivity contribution >= 4 is 17.0 Å². The molecule has 1 aromatic heterocycles. The summed E-state index contributed by atoms with van der Waals surface area (Å²) >= 11 is 1.70. The number of aryl methyl sites for hydroxylation is 2. The first-order valence-corrected chi connectivity index (χ1v) is 9.12. The number of hydrogen-bond acceptors (Lipinski definition) is 2. The van der Waals surface area contributed by atoms with E-state index in [-0.39, 0.29) is 5.54 Å². The van der Waals surface area contributed by atoms with Crippen LogP contribution in [0.25, 0.3) is 11.3 Å². The molecule has 0 radical (unpaired) electrons. The van der Waals surface area contributed by atoms with Gasteiger partial charge in [0.05, 0.1) is 11.4 Å². The van der Waals surface area contributed by atoms with Gasteiger partial charge in [-0.15, -0.1) is 11.3 Å². The molecule has 3 rings (SSSR count). The highest BCUT2D eigenvalue weighted by Crippen LogP contribution is 2.27. The smallest absolute Gasteiger partial charge is 0.190 e. The summed E-state index contributed by atoms with van der Waals surface area (Å²) in [5.41, 5.74) is 5.94. The van der Waals surface area contributed by atoms with Gasteiger partial charge in [-0.3, -0.25) is 0 Å². The average Bonchev–Trinajstić information content (AvgIpc) is 2.94. The van der Waals surface area contributed by atoms with Gasteiger partial charge < -0.3 is 4.57 Å². The number of benzene rings is 2. The van der Waals surface area contributed by atoms with E-state index in [4.69, 9.17) is 4.99 Å². The van der Waals surface area contributed by atoms with Crippen LogP contribution in [0.3, 0.4) is 0 Å². The van der Waals surface area contributed by atoms with E-state index in [2.05, 4.69) is 93.1 Å². The Balaban J connectivity index is 2.18. The number of rotatable bonds is 2. The summed E-state index contributed by atoms with van der Waals surface area (Å²) in [7, 11) is 0. The van der Waals surface area contributed by atoms with Crippen molar-refractivity contribution in [2.45, 2.75) is 40.2 Å². The Kier molecular flexibility index (Phi) is 4.46. The molecule has 124 valence electrons. The highest BCUT2D eigenvalue weighted by atomic mass is 32.1. The minimum absolute atomic E-state index is 0.0379. The highest BCUT2D eigenvalue weighted by Gasteiger charge is 2.19. The minimum Gasteiger partial charge on any atom is -0.311 e. The molecule has 2 aromatic carbocycles. The van der Waals surface area contributed by atoms with Gasteiger partial charge in [-0.25, -0.2) is 4.99 Å². The highest BCUT2D eigenvalue weighted by molar-refractivity contribution is 7.07. The van der Waals surface area contributed by atoms with Gasteiger partial charge in [0.15, 0.2) is 4.80 Å². The topological polar surface area (TPSA) is 17.3 Å². The van der Waals surface area contributed by atoms with E-state index < -0.39 is 0 Å². The second-order valence-electron chi connectivity index (χ2n) is 7.22. The molecule has 0 spiro atoms. The number of hydrogen-bond donors (Lipinski definition) is 0. The second-order valence-corrected chi connectivity index (χ2v) is 8.06. The van der Waals surface area contributed by atoms with Crippen LogP contribution in [-0.2, 0) is 5.54 Å². The van der Waals surface area contributed by atoms with E-state index in [9.17, 15) is 0 Å². The molecule has 0 atom stereocenters. The van der Waals surface area contributed by atoms with E-state index in [1.54, 1.807) is 11.3 Å². The summed E-state index contributed by atoms with van der Waals surface area (Å²) < 4.78 is 2.34. The fourth-order valence-corrected chi connectivity index (χ4v) is 3.79. The van der Waals surface area contributed by atoms with Crippen LogP contribution in [0.1, 0.15) is 31.9 Å². The molecular weight excluding hydrogens is 312 g/mol. The molecule has 0 N–H and O–H groups in total. The van der Waals surface area contributed by atoms with Crippen LogP contribution in [0.15, 0.2) is 58.9 Å². The van der Waals surface area contributed by atoms with Gasteiger partial charge >= 0.3 is 0 Å². The Bertz CT molecular complexity index is 889. The molecule has 3 heteroatoms. The first kappa shape index (κ1) is 16.7. The van der Waals surface area contributed by atoms with E-state index in [0.29, 0.717) is 0 Å². The fraction of sp³-hybridized carbons (Fsp3) is 0.286. The predicted octanol–water partition coefficient (Wildman–Crippen LogP) is 5.82. The zero-order valence-corrected chi connectivity index (χ0v) is 15.8. The Morgan fingerprint density at radius 1 is 0.833 bits per heavy atom. The van der Waals surface area contributed by atoms with Crippen LogP contribution in [0, 0.1) is 13.8 Å². The van der Waals surface area contributed by atoms with Crippen molar-refractivity contribution in [3.05, 3.63) is 69.8 Å². The van der Waals surface area contributed by atoms with E-state index in [0.717, 1.165) is 10.5 Å². The van der Waals surface area contributed by atoms with E-state index in [1.807, 2.05) is 0 Å². The SMILES string of the molecule is Cc1ccc(N=c2scc(-c3ccc(C)cc3)n2C(C)(C)C)cc1. The number of nitrogens with zero attached hydrogens (tertiary/aromatic N) is 2. The molecule has 3 aromatic rings. The van der Waals surface area contributed by atoms with Crippen LogP contribution < -0.4 is 4.80 Å². The van der Waals surface area contributed by atoms with Gasteiger partial charge in [0.25, 0.3) is 0 Å². The lowest BCUT2D eigenvalue weighted by Gasteiger charge is -2.24. The molecule has 24 heavy (non-hydrogen) atoms. The van der Waals surface area contributed by atoms with E-state index in [1.165, 1.54) is 22.4 Å². The Morgan fingerprint density at radius 2 is 1.38 bits per heavy atom. The van der Waals surface area contributed by atoms with Crippen LogP contribution in [0.2, 0.25) is 0 Å². The molecule has 1 heterocycles. The van der Waals surface area contributed by atoms with Crippen molar-refractivity contribution in [1.82, 2.24) is 4.57 Å². The Hall–Kier alpha value is -2.13. The minimum atomic E-state index is -0.0379. The molecule has 0 aliphatic rings. The molecule has 0 saturated carbocycles. The summed E-state index contributed by atoms with van der Waals surface area (Å²) in [4.78, 5) is 5.92. The fourth-order valence-electron chi connectivity index (χ4n) is 2.69. The molecular formula is C21H24N2S. The predicted molar refractivity (Wildman–Crippen MR) is 104 cm³/mol. The van der Waals surface area contributed by atoms with Crippen molar-refractivity contribution < 1.29 is 0 Å². The molecule has 2 nitrogen and oxygen atoms in total. The van der Waals surface area contributed by atoms with Gasteiger partial charge in [0, 0.05) is 10.9 Å². The third-order valence-corrected chi connectivity index (χ3v) is 4.81. The Morgan fingerprint density at radius 3 is 1.92 bits per heavy atom. The third-order valence-electron chi connectivity index (χ3n) is 3.99. The molecule has 0 aliphatic heterocycles. The standard InChI is InChI=1S/C21H24N2S/c1-15-6-10-17(11-7-15)19-14-24-20(23(19)21(3,4)5)22-18-12-8-16(2)9-13-18/h6-14H,1-5H3. The zero-order valence-electron chi connectivity index (χ0n) is 15.0. The third kappa shape index (κ3) is 3.51. The monoisotopic (exact) mass is 336 g/mol. The molecule has 0 fully saturated rings. The summed E-state index contributed by atoms with van der Waals surface area (Å²) in [6, 6.07) is 17.1. The maximum Gasteiger partial charge on any atom is 0.190 e. The average molecular weight is 337 g/mol. The summed E-state index contributed by atoms with van der Waals surface area (Å²) in [6.45, 7) is 10.9. The first-order valence-electron chi connectivity index (χ1n) is 8.24. The van der Waals surface area contributed by atoms with Gasteiger partial charge in [0.1, 0.15) is 0 Å². The van der Waals surface area contributed by atoms with Crippen LogP contribution in [0.5, 0.6) is 0 Å². The summed E-state index contributed by atoms with van der Waals surface area (Å²) in [5, 5.41) is 2.21. The Labute approximate surface area is 148 Å². The lowest BCUT2D eigenvalue weighted by molar-refractivity contribution is 0.392. The van der Waals surface area contributed by atoms with Crippen molar-refractivity contribution in [3.8, 4) is 11.3 Å². The summed E-state index contributed by atoms with van der Waals surface area (Å²) in [6.07, 6.45) is 0. The molecule has 0 aliphatic carbocycles. The van der Waals surface area contributed by atoms with Crippen molar-refractivity contribution in [3.63, 3.8) is 0 Å². The maximum absolute atomic E-state index is 4.89. The number of aromatic nitrogens is 1. The van der Waals surface area contributed by atoms with Crippen LogP contribution in [0.4, 0.5) is 5.69 Å². The van der Waals surface area contributed by atoms with Gasteiger partial charge in [-0.1, -0.05) is 47.5 Å². The van der Waals surface area contributed by atoms with Crippen molar-refractivity contribution in [1.29, 1.82) is 0 Å². The quantitative estimate of drug-likeness (QED) is 0.561. The van der Waals surface area contributed by atoms with E-state index >= 15 is 0 Å². The lowest BCUT2D eigenvalue weighted by Crippen LogP contribution is -2.31. The van der Waals surface area contributed by atoms with Crippen LogP contribution in [-0.4, -0.2) is 4.57 Å².